The number of hydrogen-bond donors (Lipinski definition) is 1. The van der Waals surface area contributed by atoms with Crippen molar-refractivity contribution in [2.24, 2.45) is 12.8 Å². The predicted molar refractivity (Wildman–Crippen MR) is 141 cm³/mol. The number of aromatic nitrogens is 5. The summed E-state index contributed by atoms with van der Waals surface area (Å²) in [4.78, 5) is 49.2. The highest BCUT2D eigenvalue weighted by molar-refractivity contribution is 6.06. The summed E-state index contributed by atoms with van der Waals surface area (Å²) in [6.45, 7) is -0.520. The summed E-state index contributed by atoms with van der Waals surface area (Å²) >= 11 is 0. The third-order valence-corrected chi connectivity index (χ3v) is 6.44. The first-order valence-corrected chi connectivity index (χ1v) is 12.2. The molecule has 40 heavy (non-hydrogen) atoms. The maximum absolute atomic E-state index is 13.4. The molecule has 12 nitrogen and oxygen atoms in total. The van der Waals surface area contributed by atoms with Gasteiger partial charge in [0.1, 0.15) is 17.3 Å². The highest BCUT2D eigenvalue weighted by Gasteiger charge is 2.34. The molecule has 0 unspecified atom stereocenters. The van der Waals surface area contributed by atoms with Crippen LogP contribution in [0.2, 0.25) is 0 Å². The van der Waals surface area contributed by atoms with Gasteiger partial charge in [-0.2, -0.15) is 8.78 Å². The topological polar surface area (TPSA) is 141 Å². The summed E-state index contributed by atoms with van der Waals surface area (Å²) in [6.07, 6.45) is 2.15. The molecule has 0 spiro atoms. The highest BCUT2D eigenvalue weighted by atomic mass is 19.3. The van der Waals surface area contributed by atoms with Gasteiger partial charge in [-0.3, -0.25) is 14.6 Å². The molecule has 14 heteroatoms. The Hall–Kier alpha value is -5.14. The van der Waals surface area contributed by atoms with Crippen LogP contribution >= 0.6 is 0 Å². The van der Waals surface area contributed by atoms with Crippen molar-refractivity contribution in [1.82, 2.24) is 24.3 Å². The van der Waals surface area contributed by atoms with Gasteiger partial charge in [-0.1, -0.05) is 25.1 Å². The number of nitrogens with two attached hydrogens (primary N) is 1. The lowest BCUT2D eigenvalue weighted by atomic mass is 9.98. The second-order valence-electron chi connectivity index (χ2n) is 8.79. The molecule has 3 aromatic heterocycles. The smallest absolute Gasteiger partial charge is 0.389 e. The normalized spacial score (nSPS) is 13.4. The molecule has 1 aromatic carbocycles. The second-order valence-corrected chi connectivity index (χ2v) is 8.79. The van der Waals surface area contributed by atoms with Crippen molar-refractivity contribution in [1.29, 1.82) is 0 Å². The van der Waals surface area contributed by atoms with Gasteiger partial charge in [-0.25, -0.2) is 28.8 Å². The SMILES string of the molecule is CCc1c(-c2ccc(-n3c(OC(F)F)nn(C)c3=O)cc2)ccnc1N1CCN(c2cccc(C(N)=O)n2)C1=O. The third-order valence-electron chi connectivity index (χ3n) is 6.44. The van der Waals surface area contributed by atoms with E-state index < -0.39 is 24.2 Å². The number of anilines is 2. The molecule has 0 saturated carbocycles. The summed E-state index contributed by atoms with van der Waals surface area (Å²) in [5, 5.41) is 3.73. The molecule has 4 heterocycles. The number of nitrogens with zero attached hydrogens (tertiary/aromatic N) is 7. The Morgan fingerprint density at radius 3 is 2.48 bits per heavy atom. The zero-order valence-electron chi connectivity index (χ0n) is 21.5. The number of carbonyl (C=O) groups excluding carboxylic acids is 2. The Balaban J connectivity index is 1.46. The maximum atomic E-state index is 13.4. The van der Waals surface area contributed by atoms with Gasteiger partial charge in [0.2, 0.25) is 0 Å². The van der Waals surface area contributed by atoms with Crippen molar-refractivity contribution in [2.45, 2.75) is 20.0 Å². The van der Waals surface area contributed by atoms with Crippen LogP contribution in [0.3, 0.4) is 0 Å². The molecule has 0 radical (unpaired) electrons. The Kier molecular flexibility index (Phi) is 6.98. The van der Waals surface area contributed by atoms with Crippen LogP contribution in [0.5, 0.6) is 6.01 Å². The van der Waals surface area contributed by atoms with E-state index in [0.29, 0.717) is 36.8 Å². The standard InChI is InChI=1S/C26H24F2N8O4/c1-3-17-18(15-7-9-16(10-8-15)36-24(40-23(27)28)32-33(2)25(36)38)11-12-30-22(17)35-14-13-34(26(35)39)20-6-4-5-19(31-20)21(29)37/h4-12,23H,3,13-14H2,1-2H3,(H2,29,37). The highest BCUT2D eigenvalue weighted by Crippen LogP contribution is 2.33. The van der Waals surface area contributed by atoms with Crippen molar-refractivity contribution in [3.63, 3.8) is 0 Å². The Morgan fingerprint density at radius 2 is 1.80 bits per heavy atom. The molecule has 1 aliphatic heterocycles. The Morgan fingerprint density at radius 1 is 1.07 bits per heavy atom. The van der Waals surface area contributed by atoms with Gasteiger partial charge in [-0.05, 0) is 47.9 Å². The molecule has 5 rings (SSSR count). The molecule has 2 N–H and O–H groups in total. The minimum atomic E-state index is -3.14. The van der Waals surface area contributed by atoms with Gasteiger partial charge in [0, 0.05) is 31.9 Å². The number of benzene rings is 1. The van der Waals surface area contributed by atoms with Gasteiger partial charge in [-0.15, -0.1) is 5.10 Å². The van der Waals surface area contributed by atoms with Crippen molar-refractivity contribution in [3.8, 4) is 22.8 Å². The first-order valence-electron chi connectivity index (χ1n) is 12.2. The summed E-state index contributed by atoms with van der Waals surface area (Å²) in [7, 11) is 1.34. The number of urea groups is 1. The summed E-state index contributed by atoms with van der Waals surface area (Å²) < 4.78 is 32.0. The third kappa shape index (κ3) is 4.74. The van der Waals surface area contributed by atoms with E-state index in [1.807, 2.05) is 13.0 Å². The second kappa shape index (κ2) is 10.6. The van der Waals surface area contributed by atoms with E-state index in [9.17, 15) is 23.2 Å². The predicted octanol–water partition coefficient (Wildman–Crippen LogP) is 2.74. The van der Waals surface area contributed by atoms with Crippen molar-refractivity contribution < 1.29 is 23.1 Å². The van der Waals surface area contributed by atoms with Gasteiger partial charge >= 0.3 is 24.3 Å². The lowest BCUT2D eigenvalue weighted by Gasteiger charge is -2.21. The maximum Gasteiger partial charge on any atom is 0.389 e. The first kappa shape index (κ1) is 26.5. The largest absolute Gasteiger partial charge is 0.401 e. The number of carbonyl (C=O) groups is 2. The molecule has 1 saturated heterocycles. The average Bonchev–Trinajstić information content (AvgIpc) is 3.46. The molecule has 0 bridgehead atoms. The van der Waals surface area contributed by atoms with E-state index in [2.05, 4.69) is 19.8 Å². The monoisotopic (exact) mass is 550 g/mol. The van der Waals surface area contributed by atoms with E-state index in [1.165, 1.54) is 18.0 Å². The van der Waals surface area contributed by atoms with Crippen LogP contribution in [-0.4, -0.2) is 56.0 Å². The fourth-order valence-electron chi connectivity index (χ4n) is 4.60. The molecule has 1 aliphatic rings. The number of ether oxygens (including phenoxy) is 1. The average molecular weight is 551 g/mol. The Labute approximate surface area is 226 Å². The van der Waals surface area contributed by atoms with Crippen LogP contribution < -0.4 is 26.0 Å². The van der Waals surface area contributed by atoms with E-state index >= 15 is 0 Å². The van der Waals surface area contributed by atoms with Gasteiger partial charge in [0.05, 0.1) is 5.69 Å². The lowest BCUT2D eigenvalue weighted by Crippen LogP contribution is -2.33. The zero-order valence-corrected chi connectivity index (χ0v) is 21.5. The summed E-state index contributed by atoms with van der Waals surface area (Å²) in [5.74, 6) is 0.110. The first-order chi connectivity index (χ1) is 19.2. The number of primary amides is 1. The van der Waals surface area contributed by atoms with Gasteiger partial charge in [0.25, 0.3) is 5.91 Å². The molecule has 0 atom stereocenters. The molecule has 1 fully saturated rings. The number of alkyl halides is 2. The van der Waals surface area contributed by atoms with Crippen molar-refractivity contribution in [3.05, 3.63) is 76.5 Å². The van der Waals surface area contributed by atoms with Crippen LogP contribution in [-0.2, 0) is 13.5 Å². The molecule has 3 amide bonds. The number of amides is 3. The number of hydrogen-bond acceptors (Lipinski definition) is 7. The molecular formula is C26H24F2N8O4. The van der Waals surface area contributed by atoms with E-state index in [0.717, 1.165) is 25.9 Å². The van der Waals surface area contributed by atoms with Crippen LogP contribution in [0.25, 0.3) is 16.8 Å². The summed E-state index contributed by atoms with van der Waals surface area (Å²) in [6, 6.07) is 12.3. The fourth-order valence-corrected chi connectivity index (χ4v) is 4.60. The number of halogens is 2. The molecule has 0 aliphatic carbocycles. The van der Waals surface area contributed by atoms with Gasteiger partial charge in [0.15, 0.2) is 0 Å². The summed E-state index contributed by atoms with van der Waals surface area (Å²) in [5.41, 5.74) is 7.43. The molecule has 206 valence electrons. The number of pyridine rings is 2. The minimum Gasteiger partial charge on any atom is -0.401 e. The van der Waals surface area contributed by atoms with Crippen LogP contribution in [0, 0.1) is 0 Å². The van der Waals surface area contributed by atoms with Crippen LogP contribution in [0.4, 0.5) is 25.2 Å². The van der Waals surface area contributed by atoms with Crippen LogP contribution in [0.15, 0.2) is 59.5 Å². The van der Waals surface area contributed by atoms with Crippen LogP contribution in [0.1, 0.15) is 23.0 Å². The fraction of sp³-hybridized carbons (Fsp3) is 0.231. The van der Waals surface area contributed by atoms with E-state index in [1.54, 1.807) is 47.5 Å². The number of aryl methyl sites for hydroxylation is 1. The number of rotatable bonds is 8. The van der Waals surface area contributed by atoms with Crippen molar-refractivity contribution >= 4 is 23.6 Å². The minimum absolute atomic E-state index is 0.0583. The molecule has 4 aromatic rings. The Bertz CT molecular complexity index is 1650. The van der Waals surface area contributed by atoms with E-state index in [-0.39, 0.29) is 11.7 Å². The lowest BCUT2D eigenvalue weighted by molar-refractivity contribution is -0.0575. The molecular weight excluding hydrogens is 526 g/mol. The zero-order chi connectivity index (χ0) is 28.6. The van der Waals surface area contributed by atoms with Gasteiger partial charge < -0.3 is 10.5 Å². The van der Waals surface area contributed by atoms with E-state index in [4.69, 9.17) is 5.73 Å². The quantitative estimate of drug-likeness (QED) is 0.356. The van der Waals surface area contributed by atoms with Crippen molar-refractivity contribution in [2.75, 3.05) is 22.9 Å².